The van der Waals surface area contributed by atoms with Crippen LogP contribution in [0.15, 0.2) is 12.4 Å². The molecule has 4 heteroatoms. The second-order valence-electron chi connectivity index (χ2n) is 4.32. The Morgan fingerprint density at radius 1 is 1.60 bits per heavy atom. The minimum absolute atomic E-state index is 0.0704. The molecule has 4 nitrogen and oxygen atoms in total. The van der Waals surface area contributed by atoms with Crippen molar-refractivity contribution in [3.8, 4) is 6.07 Å². The van der Waals surface area contributed by atoms with Crippen LogP contribution in [-0.4, -0.2) is 34.3 Å². The zero-order valence-electron chi connectivity index (χ0n) is 9.27. The first kappa shape index (κ1) is 10.2. The first-order valence-electron chi connectivity index (χ1n) is 5.31. The van der Waals surface area contributed by atoms with Gasteiger partial charge in [-0.3, -0.25) is 9.58 Å². The SMILES string of the molecule is CCN1CC(CC#N)(n2cc(C)cn2)C1. The lowest BCUT2D eigenvalue weighted by atomic mass is 9.87. The molecule has 0 radical (unpaired) electrons. The summed E-state index contributed by atoms with van der Waals surface area (Å²) in [6.07, 6.45) is 4.43. The second-order valence-corrected chi connectivity index (χ2v) is 4.32. The van der Waals surface area contributed by atoms with Gasteiger partial charge in [0.1, 0.15) is 5.54 Å². The lowest BCUT2D eigenvalue weighted by Crippen LogP contribution is -2.62. The summed E-state index contributed by atoms with van der Waals surface area (Å²) in [5.74, 6) is 0. The van der Waals surface area contributed by atoms with Crippen LogP contribution in [0.4, 0.5) is 0 Å². The van der Waals surface area contributed by atoms with Gasteiger partial charge in [-0.2, -0.15) is 10.4 Å². The molecule has 1 fully saturated rings. The largest absolute Gasteiger partial charge is 0.299 e. The van der Waals surface area contributed by atoms with Crippen molar-refractivity contribution in [2.75, 3.05) is 19.6 Å². The van der Waals surface area contributed by atoms with Crippen molar-refractivity contribution in [2.45, 2.75) is 25.8 Å². The quantitative estimate of drug-likeness (QED) is 0.741. The van der Waals surface area contributed by atoms with Gasteiger partial charge in [0.25, 0.3) is 0 Å². The highest BCUT2D eigenvalue weighted by atomic mass is 15.4. The molecule has 80 valence electrons. The van der Waals surface area contributed by atoms with Crippen LogP contribution < -0.4 is 0 Å². The molecule has 0 amide bonds. The van der Waals surface area contributed by atoms with E-state index in [9.17, 15) is 0 Å². The van der Waals surface area contributed by atoms with Crippen LogP contribution in [0, 0.1) is 18.3 Å². The summed E-state index contributed by atoms with van der Waals surface area (Å²) >= 11 is 0. The van der Waals surface area contributed by atoms with Gasteiger partial charge < -0.3 is 0 Å². The third-order valence-electron chi connectivity index (χ3n) is 3.09. The van der Waals surface area contributed by atoms with Gasteiger partial charge in [0.05, 0.1) is 18.7 Å². The van der Waals surface area contributed by atoms with Gasteiger partial charge >= 0.3 is 0 Å². The van der Waals surface area contributed by atoms with E-state index in [2.05, 4.69) is 23.0 Å². The number of nitriles is 1. The van der Waals surface area contributed by atoms with E-state index < -0.39 is 0 Å². The van der Waals surface area contributed by atoms with Gasteiger partial charge in [0.2, 0.25) is 0 Å². The minimum Gasteiger partial charge on any atom is -0.299 e. The minimum atomic E-state index is -0.0704. The van der Waals surface area contributed by atoms with Crippen molar-refractivity contribution in [3.63, 3.8) is 0 Å². The molecule has 15 heavy (non-hydrogen) atoms. The Hall–Kier alpha value is -1.34. The summed E-state index contributed by atoms with van der Waals surface area (Å²) in [4.78, 5) is 2.33. The predicted molar refractivity (Wildman–Crippen MR) is 57.3 cm³/mol. The number of nitrogens with zero attached hydrogens (tertiary/aromatic N) is 4. The molecule has 0 aliphatic carbocycles. The zero-order chi connectivity index (χ0) is 10.9. The first-order valence-corrected chi connectivity index (χ1v) is 5.31. The number of rotatable bonds is 3. The Balaban J connectivity index is 2.19. The molecular formula is C11H16N4. The van der Waals surface area contributed by atoms with Crippen molar-refractivity contribution < 1.29 is 0 Å². The Morgan fingerprint density at radius 2 is 2.33 bits per heavy atom. The Labute approximate surface area is 90.1 Å². The van der Waals surface area contributed by atoms with Crippen LogP contribution in [0.2, 0.25) is 0 Å². The van der Waals surface area contributed by atoms with E-state index in [1.165, 1.54) is 0 Å². The number of likely N-dealkylation sites (N-methyl/N-ethyl adjacent to an activating group) is 1. The van der Waals surface area contributed by atoms with E-state index >= 15 is 0 Å². The average molecular weight is 204 g/mol. The van der Waals surface area contributed by atoms with Crippen LogP contribution in [0.1, 0.15) is 18.9 Å². The second kappa shape index (κ2) is 3.67. The van der Waals surface area contributed by atoms with Crippen LogP contribution in [-0.2, 0) is 5.54 Å². The molecule has 1 aliphatic heterocycles. The van der Waals surface area contributed by atoms with Gasteiger partial charge in [-0.05, 0) is 19.0 Å². The molecule has 2 heterocycles. The van der Waals surface area contributed by atoms with Gasteiger partial charge in [-0.15, -0.1) is 0 Å². The zero-order valence-corrected chi connectivity index (χ0v) is 9.27. The van der Waals surface area contributed by atoms with Crippen LogP contribution in [0.3, 0.4) is 0 Å². The van der Waals surface area contributed by atoms with Gasteiger partial charge in [-0.1, -0.05) is 6.92 Å². The number of hydrogen-bond donors (Lipinski definition) is 0. The molecular weight excluding hydrogens is 188 g/mol. The van der Waals surface area contributed by atoms with Crippen molar-refractivity contribution in [1.82, 2.24) is 14.7 Å². The Bertz CT molecular complexity index is 382. The molecule has 1 aromatic heterocycles. The van der Waals surface area contributed by atoms with Crippen LogP contribution >= 0.6 is 0 Å². The van der Waals surface area contributed by atoms with E-state index in [1.54, 1.807) is 0 Å². The standard InChI is InChI=1S/C11H16N4/c1-3-14-8-11(9-14,4-5-12)15-7-10(2)6-13-15/h6-7H,3-4,8-9H2,1-2H3. The fourth-order valence-corrected chi connectivity index (χ4v) is 2.17. The molecule has 2 rings (SSSR count). The van der Waals surface area contributed by atoms with Crippen LogP contribution in [0.25, 0.3) is 0 Å². The Kier molecular flexibility index (Phi) is 2.49. The first-order chi connectivity index (χ1) is 7.20. The molecule has 0 atom stereocenters. The van der Waals surface area contributed by atoms with E-state index in [-0.39, 0.29) is 5.54 Å². The fourth-order valence-electron chi connectivity index (χ4n) is 2.17. The molecule has 0 spiro atoms. The van der Waals surface area contributed by atoms with Crippen molar-refractivity contribution in [3.05, 3.63) is 18.0 Å². The summed E-state index contributed by atoms with van der Waals surface area (Å²) < 4.78 is 1.97. The van der Waals surface area contributed by atoms with E-state index in [0.717, 1.165) is 25.2 Å². The lowest BCUT2D eigenvalue weighted by Gasteiger charge is -2.48. The van der Waals surface area contributed by atoms with Crippen molar-refractivity contribution in [1.29, 1.82) is 5.26 Å². The monoisotopic (exact) mass is 204 g/mol. The normalized spacial score (nSPS) is 19.5. The van der Waals surface area contributed by atoms with Crippen molar-refractivity contribution >= 4 is 0 Å². The van der Waals surface area contributed by atoms with Gasteiger partial charge in [0, 0.05) is 19.3 Å². The molecule has 0 unspecified atom stereocenters. The predicted octanol–water partition coefficient (Wildman–Crippen LogP) is 1.14. The highest BCUT2D eigenvalue weighted by Crippen LogP contribution is 2.31. The molecule has 1 aromatic rings. The number of likely N-dealkylation sites (tertiary alicyclic amines) is 1. The summed E-state index contributed by atoms with van der Waals surface area (Å²) in [5, 5.41) is 13.2. The average Bonchev–Trinajstić information content (AvgIpc) is 2.58. The van der Waals surface area contributed by atoms with Gasteiger partial charge in [-0.25, -0.2) is 0 Å². The third kappa shape index (κ3) is 1.64. The number of aryl methyl sites for hydroxylation is 1. The van der Waals surface area contributed by atoms with E-state index in [1.807, 2.05) is 24.0 Å². The van der Waals surface area contributed by atoms with E-state index in [4.69, 9.17) is 5.26 Å². The van der Waals surface area contributed by atoms with Gasteiger partial charge in [0.15, 0.2) is 0 Å². The highest BCUT2D eigenvalue weighted by Gasteiger charge is 2.44. The maximum absolute atomic E-state index is 8.88. The third-order valence-corrected chi connectivity index (χ3v) is 3.09. The molecule has 1 aliphatic rings. The lowest BCUT2D eigenvalue weighted by molar-refractivity contribution is 0.00944. The van der Waals surface area contributed by atoms with Crippen LogP contribution in [0.5, 0.6) is 0 Å². The molecule has 0 bridgehead atoms. The summed E-state index contributed by atoms with van der Waals surface area (Å²) in [5.41, 5.74) is 1.08. The fraction of sp³-hybridized carbons (Fsp3) is 0.636. The summed E-state index contributed by atoms with van der Waals surface area (Å²) in [6, 6.07) is 2.28. The number of aromatic nitrogens is 2. The topological polar surface area (TPSA) is 44.9 Å². The molecule has 0 N–H and O–H groups in total. The van der Waals surface area contributed by atoms with E-state index in [0.29, 0.717) is 6.42 Å². The van der Waals surface area contributed by atoms with Crippen molar-refractivity contribution in [2.24, 2.45) is 0 Å². The Morgan fingerprint density at radius 3 is 2.80 bits per heavy atom. The number of hydrogen-bond acceptors (Lipinski definition) is 3. The highest BCUT2D eigenvalue weighted by molar-refractivity contribution is 5.09. The maximum Gasteiger partial charge on any atom is 0.101 e. The maximum atomic E-state index is 8.88. The molecule has 0 aromatic carbocycles. The summed E-state index contributed by atoms with van der Waals surface area (Å²) in [7, 11) is 0. The summed E-state index contributed by atoms with van der Waals surface area (Å²) in [6.45, 7) is 7.11. The molecule has 0 saturated carbocycles. The smallest absolute Gasteiger partial charge is 0.101 e. The molecule has 1 saturated heterocycles.